The van der Waals surface area contributed by atoms with E-state index in [0.717, 1.165) is 39.1 Å². The summed E-state index contributed by atoms with van der Waals surface area (Å²) < 4.78 is 10.7. The van der Waals surface area contributed by atoms with Gasteiger partial charge in [0.15, 0.2) is 0 Å². The van der Waals surface area contributed by atoms with Crippen LogP contribution in [0.25, 0.3) is 0 Å². The van der Waals surface area contributed by atoms with Gasteiger partial charge in [-0.2, -0.15) is 0 Å². The van der Waals surface area contributed by atoms with E-state index in [2.05, 4.69) is 6.92 Å². The van der Waals surface area contributed by atoms with Gasteiger partial charge in [-0.3, -0.25) is 0 Å². The molecule has 1 saturated heterocycles. The van der Waals surface area contributed by atoms with Crippen LogP contribution in [0.2, 0.25) is 0 Å². The van der Waals surface area contributed by atoms with Crippen molar-refractivity contribution in [3.8, 4) is 0 Å². The SMILES string of the molecule is CCCCCCCCCC(CCCOCC1CO1)OOC. The molecule has 1 aliphatic heterocycles. The third-order valence-corrected chi connectivity index (χ3v) is 3.88. The topological polar surface area (TPSA) is 40.2 Å². The zero-order valence-corrected chi connectivity index (χ0v) is 14.0. The van der Waals surface area contributed by atoms with Crippen LogP contribution in [0.15, 0.2) is 0 Å². The zero-order chi connectivity index (χ0) is 15.2. The van der Waals surface area contributed by atoms with Crippen molar-refractivity contribution in [1.29, 1.82) is 0 Å². The van der Waals surface area contributed by atoms with Gasteiger partial charge in [-0.15, -0.1) is 0 Å². The third kappa shape index (κ3) is 12.1. The molecule has 126 valence electrons. The van der Waals surface area contributed by atoms with Crippen LogP contribution in [0.4, 0.5) is 0 Å². The third-order valence-electron chi connectivity index (χ3n) is 3.88. The molecule has 2 atom stereocenters. The molecule has 2 unspecified atom stereocenters. The first-order chi connectivity index (χ1) is 10.4. The van der Waals surface area contributed by atoms with E-state index in [1.807, 2.05) is 0 Å². The molecule has 0 aromatic heterocycles. The first-order valence-electron chi connectivity index (χ1n) is 8.75. The highest BCUT2D eigenvalue weighted by Gasteiger charge is 2.22. The lowest BCUT2D eigenvalue weighted by molar-refractivity contribution is -0.307. The highest BCUT2D eigenvalue weighted by Crippen LogP contribution is 2.15. The number of unbranched alkanes of at least 4 members (excludes halogenated alkanes) is 6. The normalized spacial score (nSPS) is 18.9. The fraction of sp³-hybridized carbons (Fsp3) is 1.00. The largest absolute Gasteiger partial charge is 0.379 e. The molecular weight excluding hydrogens is 268 g/mol. The summed E-state index contributed by atoms with van der Waals surface area (Å²) in [7, 11) is 1.60. The summed E-state index contributed by atoms with van der Waals surface area (Å²) in [6, 6.07) is 0. The van der Waals surface area contributed by atoms with E-state index >= 15 is 0 Å². The predicted octanol–water partition coefficient (Wildman–Crippen LogP) is 4.27. The van der Waals surface area contributed by atoms with Gasteiger partial charge in [0, 0.05) is 6.61 Å². The Morgan fingerprint density at radius 3 is 2.33 bits per heavy atom. The maximum atomic E-state index is 5.55. The van der Waals surface area contributed by atoms with Crippen molar-refractivity contribution in [3.05, 3.63) is 0 Å². The number of ether oxygens (including phenoxy) is 2. The van der Waals surface area contributed by atoms with Crippen LogP contribution in [-0.4, -0.2) is 39.1 Å². The van der Waals surface area contributed by atoms with Crippen molar-refractivity contribution in [2.24, 2.45) is 0 Å². The van der Waals surface area contributed by atoms with Crippen LogP contribution in [0.3, 0.4) is 0 Å². The molecule has 1 fully saturated rings. The van der Waals surface area contributed by atoms with Crippen molar-refractivity contribution in [2.45, 2.75) is 83.3 Å². The Morgan fingerprint density at radius 2 is 1.67 bits per heavy atom. The van der Waals surface area contributed by atoms with Gasteiger partial charge in [0.1, 0.15) is 6.10 Å². The number of hydrogen-bond acceptors (Lipinski definition) is 4. The molecule has 1 heterocycles. The van der Waals surface area contributed by atoms with E-state index in [9.17, 15) is 0 Å². The van der Waals surface area contributed by atoms with Gasteiger partial charge in [-0.25, -0.2) is 9.78 Å². The summed E-state index contributed by atoms with van der Waals surface area (Å²) in [5, 5.41) is 0. The zero-order valence-electron chi connectivity index (χ0n) is 14.0. The number of rotatable bonds is 16. The molecule has 0 saturated carbocycles. The second-order valence-corrected chi connectivity index (χ2v) is 5.97. The second-order valence-electron chi connectivity index (χ2n) is 5.97. The predicted molar refractivity (Wildman–Crippen MR) is 84.3 cm³/mol. The minimum atomic E-state index is 0.214. The lowest BCUT2D eigenvalue weighted by Crippen LogP contribution is -2.14. The fourth-order valence-electron chi connectivity index (χ4n) is 2.50. The van der Waals surface area contributed by atoms with Gasteiger partial charge in [-0.05, 0) is 19.3 Å². The Kier molecular flexibility index (Phi) is 12.1. The molecule has 0 bridgehead atoms. The summed E-state index contributed by atoms with van der Waals surface area (Å²) in [6.07, 6.45) is 13.1. The minimum Gasteiger partial charge on any atom is -0.379 e. The van der Waals surface area contributed by atoms with E-state index in [0.29, 0.717) is 6.10 Å². The molecule has 0 radical (unpaired) electrons. The molecule has 21 heavy (non-hydrogen) atoms. The Morgan fingerprint density at radius 1 is 1.00 bits per heavy atom. The molecule has 0 aromatic rings. The van der Waals surface area contributed by atoms with Crippen LogP contribution < -0.4 is 0 Å². The van der Waals surface area contributed by atoms with Crippen molar-refractivity contribution >= 4 is 0 Å². The average molecular weight is 302 g/mol. The molecule has 4 nitrogen and oxygen atoms in total. The number of epoxide rings is 1. The summed E-state index contributed by atoms with van der Waals surface area (Å²) >= 11 is 0. The maximum absolute atomic E-state index is 5.55. The quantitative estimate of drug-likeness (QED) is 0.185. The van der Waals surface area contributed by atoms with E-state index in [4.69, 9.17) is 19.2 Å². The van der Waals surface area contributed by atoms with E-state index in [-0.39, 0.29) is 6.10 Å². The summed E-state index contributed by atoms with van der Waals surface area (Å²) in [6.45, 7) is 4.66. The lowest BCUT2D eigenvalue weighted by Gasteiger charge is -2.15. The Bertz CT molecular complexity index is 219. The molecule has 4 heteroatoms. The Balaban J connectivity index is 1.89. The molecule has 0 aromatic carbocycles. The van der Waals surface area contributed by atoms with Crippen LogP contribution >= 0.6 is 0 Å². The molecule has 1 rings (SSSR count). The van der Waals surface area contributed by atoms with Gasteiger partial charge < -0.3 is 9.47 Å². The fourth-order valence-corrected chi connectivity index (χ4v) is 2.50. The standard InChI is InChI=1S/C17H34O4/c1-3-4-5-6-7-8-9-11-16(21-18-2)12-10-13-19-14-17-15-20-17/h16-17H,3-15H2,1-2H3. The minimum absolute atomic E-state index is 0.214. The van der Waals surface area contributed by atoms with Crippen molar-refractivity contribution in [3.63, 3.8) is 0 Å². The average Bonchev–Trinajstić information content (AvgIpc) is 3.30. The van der Waals surface area contributed by atoms with Crippen LogP contribution in [0.1, 0.15) is 71.1 Å². The van der Waals surface area contributed by atoms with Gasteiger partial charge in [0.05, 0.1) is 26.4 Å². The van der Waals surface area contributed by atoms with Crippen molar-refractivity contribution in [2.75, 3.05) is 26.9 Å². The highest BCUT2D eigenvalue weighted by molar-refractivity contribution is 4.67. The van der Waals surface area contributed by atoms with Gasteiger partial charge >= 0.3 is 0 Å². The Labute approximate surface area is 130 Å². The van der Waals surface area contributed by atoms with Crippen LogP contribution in [0, 0.1) is 0 Å². The lowest BCUT2D eigenvalue weighted by atomic mass is 10.0. The highest BCUT2D eigenvalue weighted by atomic mass is 17.2. The van der Waals surface area contributed by atoms with Gasteiger partial charge in [-0.1, -0.05) is 51.9 Å². The molecule has 0 aliphatic carbocycles. The molecule has 0 amide bonds. The van der Waals surface area contributed by atoms with E-state index in [1.165, 1.54) is 44.9 Å². The molecular formula is C17H34O4. The van der Waals surface area contributed by atoms with E-state index < -0.39 is 0 Å². The van der Waals surface area contributed by atoms with Crippen molar-refractivity contribution < 1.29 is 19.2 Å². The van der Waals surface area contributed by atoms with Gasteiger partial charge in [0.25, 0.3) is 0 Å². The van der Waals surface area contributed by atoms with Crippen molar-refractivity contribution in [1.82, 2.24) is 0 Å². The first kappa shape index (κ1) is 18.9. The molecule has 0 N–H and O–H groups in total. The number of hydrogen-bond donors (Lipinski definition) is 0. The van der Waals surface area contributed by atoms with Crippen LogP contribution in [0.5, 0.6) is 0 Å². The molecule has 0 spiro atoms. The molecule has 1 aliphatic rings. The van der Waals surface area contributed by atoms with Gasteiger partial charge in [0.2, 0.25) is 0 Å². The smallest absolute Gasteiger partial charge is 0.104 e. The van der Waals surface area contributed by atoms with Crippen LogP contribution in [-0.2, 0) is 19.2 Å². The summed E-state index contributed by atoms with van der Waals surface area (Å²) in [5.74, 6) is 0. The maximum Gasteiger partial charge on any atom is 0.104 e. The monoisotopic (exact) mass is 302 g/mol. The second kappa shape index (κ2) is 13.5. The van der Waals surface area contributed by atoms with E-state index in [1.54, 1.807) is 7.11 Å². The summed E-state index contributed by atoms with van der Waals surface area (Å²) in [5.41, 5.74) is 0. The first-order valence-corrected chi connectivity index (χ1v) is 8.75. The Hall–Kier alpha value is -0.160. The summed E-state index contributed by atoms with van der Waals surface area (Å²) in [4.78, 5) is 10.2.